The lowest BCUT2D eigenvalue weighted by molar-refractivity contribution is -0.403. The van der Waals surface area contributed by atoms with Gasteiger partial charge in [-0.15, -0.1) is 0 Å². The number of halogens is 11. The number of hydrogen-bond donors (Lipinski definition) is 1. The molecular weight excluding hydrogens is 693 g/mol. The highest BCUT2D eigenvalue weighted by Gasteiger charge is 2.78. The standard InChI is InChI=1S/C27H21F11O6S2/c1-22(2,25(39,26(33,34)35)27(36,37)38)44-17-10-14-20(15-11-17)45(18-6-4-3-5-7-18)19-12-8-16(9-13-19)43-21(23(28,29)30)24(31,32)46(40,41)42/h3-15,21,39H,1-2H3. The van der Waals surface area contributed by atoms with Crippen molar-refractivity contribution in [1.29, 1.82) is 0 Å². The van der Waals surface area contributed by atoms with Crippen molar-refractivity contribution >= 4 is 21.0 Å². The van der Waals surface area contributed by atoms with Crippen LogP contribution in [0.3, 0.4) is 0 Å². The molecule has 0 saturated carbocycles. The van der Waals surface area contributed by atoms with Gasteiger partial charge in [-0.1, -0.05) is 18.2 Å². The van der Waals surface area contributed by atoms with Gasteiger partial charge in [0.25, 0.3) is 11.7 Å². The molecule has 19 heteroatoms. The largest absolute Gasteiger partial charge is 0.743 e. The second-order valence-electron chi connectivity index (χ2n) is 9.94. The minimum absolute atomic E-state index is 0.280. The number of rotatable bonds is 10. The van der Waals surface area contributed by atoms with Crippen molar-refractivity contribution < 1.29 is 75.8 Å². The van der Waals surface area contributed by atoms with E-state index in [0.717, 1.165) is 36.4 Å². The summed E-state index contributed by atoms with van der Waals surface area (Å²) in [6.07, 6.45) is -22.7. The molecule has 2 unspecified atom stereocenters. The zero-order chi connectivity index (χ0) is 35.1. The molecule has 0 spiro atoms. The normalized spacial score (nSPS) is 15.3. The van der Waals surface area contributed by atoms with E-state index in [9.17, 15) is 66.4 Å². The summed E-state index contributed by atoms with van der Waals surface area (Å²) in [7, 11) is -8.00. The van der Waals surface area contributed by atoms with Gasteiger partial charge in [0, 0.05) is 0 Å². The maximum absolute atomic E-state index is 13.9. The molecule has 0 saturated heterocycles. The Bertz CT molecular complexity index is 1570. The van der Waals surface area contributed by atoms with E-state index in [1.165, 1.54) is 12.1 Å². The Morgan fingerprint density at radius 2 is 1.07 bits per heavy atom. The Hall–Kier alpha value is -3.29. The van der Waals surface area contributed by atoms with Crippen LogP contribution in [0.25, 0.3) is 0 Å². The molecule has 1 N–H and O–H groups in total. The monoisotopic (exact) mass is 714 g/mol. The number of ether oxygens (including phenoxy) is 2. The molecule has 0 radical (unpaired) electrons. The van der Waals surface area contributed by atoms with Gasteiger partial charge in [-0.3, -0.25) is 0 Å². The van der Waals surface area contributed by atoms with E-state index in [1.807, 2.05) is 0 Å². The molecule has 0 aliphatic rings. The van der Waals surface area contributed by atoms with Gasteiger partial charge in [0.15, 0.2) is 30.4 Å². The lowest BCUT2D eigenvalue weighted by atomic mass is 9.84. The summed E-state index contributed by atoms with van der Waals surface area (Å²) in [4.78, 5) is 1.15. The van der Waals surface area contributed by atoms with Gasteiger partial charge in [0.2, 0.25) is 0 Å². The fourth-order valence-corrected chi connectivity index (χ4v) is 6.57. The van der Waals surface area contributed by atoms with Gasteiger partial charge in [-0.05, 0) is 74.5 Å². The third kappa shape index (κ3) is 7.31. The summed E-state index contributed by atoms with van der Waals surface area (Å²) < 4.78 is 190. The van der Waals surface area contributed by atoms with Gasteiger partial charge < -0.3 is 19.1 Å². The van der Waals surface area contributed by atoms with Crippen LogP contribution in [0.15, 0.2) is 93.5 Å². The molecular formula is C27H21F11O6S2. The van der Waals surface area contributed by atoms with Crippen LogP contribution in [-0.4, -0.2) is 59.2 Å². The zero-order valence-corrected chi connectivity index (χ0v) is 24.7. The van der Waals surface area contributed by atoms with E-state index in [4.69, 9.17) is 4.74 Å². The Balaban J connectivity index is 1.99. The zero-order valence-electron chi connectivity index (χ0n) is 23.0. The first-order chi connectivity index (χ1) is 20.7. The highest BCUT2D eigenvalue weighted by Crippen LogP contribution is 2.50. The van der Waals surface area contributed by atoms with Crippen LogP contribution in [-0.2, 0) is 21.0 Å². The molecule has 0 aliphatic heterocycles. The van der Waals surface area contributed by atoms with E-state index in [2.05, 4.69) is 4.74 Å². The predicted molar refractivity (Wildman–Crippen MR) is 138 cm³/mol. The lowest BCUT2D eigenvalue weighted by Crippen LogP contribution is -2.70. The Morgan fingerprint density at radius 3 is 1.43 bits per heavy atom. The van der Waals surface area contributed by atoms with E-state index < -0.39 is 73.6 Å². The van der Waals surface area contributed by atoms with E-state index >= 15 is 0 Å². The smallest absolute Gasteiger partial charge is 0.432 e. The van der Waals surface area contributed by atoms with Crippen molar-refractivity contribution in [3.05, 3.63) is 78.9 Å². The third-order valence-electron chi connectivity index (χ3n) is 6.35. The second-order valence-corrected chi connectivity index (χ2v) is 13.4. The number of benzene rings is 3. The molecule has 2 atom stereocenters. The quantitative estimate of drug-likeness (QED) is 0.135. The topological polar surface area (TPSA) is 95.9 Å². The summed E-state index contributed by atoms with van der Waals surface area (Å²) in [5, 5.41) is 3.90. The first-order valence-corrected chi connectivity index (χ1v) is 15.0. The van der Waals surface area contributed by atoms with Gasteiger partial charge in [-0.2, -0.15) is 48.3 Å². The summed E-state index contributed by atoms with van der Waals surface area (Å²) in [5.74, 6) is -1.40. The second kappa shape index (κ2) is 12.4. The lowest BCUT2D eigenvalue weighted by Gasteiger charge is -2.43. The molecule has 0 amide bonds. The Morgan fingerprint density at radius 1 is 0.674 bits per heavy atom. The predicted octanol–water partition coefficient (Wildman–Crippen LogP) is 7.24. The fourth-order valence-electron chi connectivity index (χ4n) is 4.07. The average molecular weight is 715 g/mol. The van der Waals surface area contributed by atoms with Crippen LogP contribution in [0.4, 0.5) is 48.3 Å². The van der Waals surface area contributed by atoms with Crippen LogP contribution in [0.5, 0.6) is 11.5 Å². The Labute approximate surface area is 256 Å². The fraction of sp³-hybridized carbons (Fsp3) is 0.333. The Kier molecular flexibility index (Phi) is 10.0. The minimum Gasteiger partial charge on any atom is -0.743 e. The SMILES string of the molecule is CC(C)(Oc1ccc([S+](c2ccccc2)c2ccc(OC(C(F)(F)F)C(F)(F)S(=O)(=O)[O-])cc2)cc1)C(O)(C(F)(F)F)C(F)(F)F. The van der Waals surface area contributed by atoms with Crippen LogP contribution >= 0.6 is 0 Å². The number of hydrogen-bond acceptors (Lipinski definition) is 6. The molecule has 46 heavy (non-hydrogen) atoms. The average Bonchev–Trinajstić information content (AvgIpc) is 2.91. The molecule has 6 nitrogen and oxygen atoms in total. The van der Waals surface area contributed by atoms with E-state index in [0.29, 0.717) is 23.6 Å². The van der Waals surface area contributed by atoms with Gasteiger partial charge in [0.05, 0.1) is 10.9 Å². The van der Waals surface area contributed by atoms with Crippen molar-refractivity contribution in [2.45, 2.75) is 69.6 Å². The maximum Gasteiger partial charge on any atom is 0.432 e. The van der Waals surface area contributed by atoms with Gasteiger partial charge >= 0.3 is 23.8 Å². The minimum atomic E-state index is -6.80. The number of alkyl halides is 11. The highest BCUT2D eigenvalue weighted by molar-refractivity contribution is 7.97. The van der Waals surface area contributed by atoms with Crippen molar-refractivity contribution in [2.24, 2.45) is 0 Å². The van der Waals surface area contributed by atoms with E-state index in [-0.39, 0.29) is 4.90 Å². The first kappa shape index (κ1) is 37.2. The summed E-state index contributed by atoms with van der Waals surface area (Å²) >= 11 is 0. The summed E-state index contributed by atoms with van der Waals surface area (Å²) in [5.41, 5.74) is -8.55. The van der Waals surface area contributed by atoms with Crippen LogP contribution in [0.2, 0.25) is 0 Å². The first-order valence-electron chi connectivity index (χ1n) is 12.3. The van der Waals surface area contributed by atoms with Crippen LogP contribution < -0.4 is 9.47 Å². The van der Waals surface area contributed by atoms with Crippen molar-refractivity contribution in [3.63, 3.8) is 0 Å². The number of aliphatic hydroxyl groups is 1. The highest BCUT2D eigenvalue weighted by atomic mass is 32.2. The third-order valence-corrected chi connectivity index (χ3v) is 9.46. The van der Waals surface area contributed by atoms with Gasteiger partial charge in [0.1, 0.15) is 11.5 Å². The summed E-state index contributed by atoms with van der Waals surface area (Å²) in [6, 6.07) is 16.4. The maximum atomic E-state index is 13.9. The molecule has 0 aromatic heterocycles. The molecule has 0 fully saturated rings. The molecule has 3 aromatic carbocycles. The molecule has 3 aromatic rings. The van der Waals surface area contributed by atoms with Crippen molar-refractivity contribution in [3.8, 4) is 11.5 Å². The molecule has 0 bridgehead atoms. The van der Waals surface area contributed by atoms with Crippen molar-refractivity contribution in [1.82, 2.24) is 0 Å². The van der Waals surface area contributed by atoms with Crippen LogP contribution in [0, 0.1) is 0 Å². The van der Waals surface area contributed by atoms with E-state index in [1.54, 1.807) is 30.3 Å². The molecule has 254 valence electrons. The van der Waals surface area contributed by atoms with Crippen LogP contribution in [0.1, 0.15) is 13.8 Å². The van der Waals surface area contributed by atoms with Gasteiger partial charge in [-0.25, -0.2) is 8.42 Å². The molecule has 0 heterocycles. The van der Waals surface area contributed by atoms with Crippen molar-refractivity contribution in [2.75, 3.05) is 0 Å². The molecule has 3 rings (SSSR count). The summed E-state index contributed by atoms with van der Waals surface area (Å²) in [6.45, 7) is 0.789. The molecule has 0 aliphatic carbocycles.